The molecule has 0 saturated heterocycles. The Morgan fingerprint density at radius 1 is 1.35 bits per heavy atom. The molecule has 0 bridgehead atoms. The van der Waals surface area contributed by atoms with Crippen LogP contribution < -0.4 is 11.1 Å². The normalized spacial score (nSPS) is 12.9. The maximum Gasteiger partial charge on any atom is 0.408 e. The Morgan fingerprint density at radius 2 is 2.09 bits per heavy atom. The Balaban J connectivity index is 2.18. The van der Waals surface area contributed by atoms with Crippen LogP contribution in [0.4, 0.5) is 13.2 Å². The summed E-state index contributed by atoms with van der Waals surface area (Å²) in [7, 11) is 0. The molecule has 2 rings (SSSR count). The third-order valence-corrected chi connectivity index (χ3v) is 3.22. The molecular formula is C14H16F3N5O. The van der Waals surface area contributed by atoms with Gasteiger partial charge in [-0.2, -0.15) is 13.2 Å². The van der Waals surface area contributed by atoms with Crippen LogP contribution in [0.3, 0.4) is 0 Å². The van der Waals surface area contributed by atoms with Gasteiger partial charge in [0.15, 0.2) is 0 Å². The van der Waals surface area contributed by atoms with Crippen molar-refractivity contribution in [3.63, 3.8) is 0 Å². The van der Waals surface area contributed by atoms with Crippen LogP contribution in [0.25, 0.3) is 0 Å². The second kappa shape index (κ2) is 7.23. The first-order chi connectivity index (χ1) is 10.9. The van der Waals surface area contributed by atoms with E-state index in [2.05, 4.69) is 10.3 Å². The van der Waals surface area contributed by atoms with E-state index in [1.807, 2.05) is 5.32 Å². The highest BCUT2D eigenvalue weighted by atomic mass is 19.4. The number of hydrogen-bond donors (Lipinski definition) is 2. The SMILES string of the molecule is NCCC(NC(=O)c1ccccc1Cn1ccnn1)C(F)(F)F. The maximum absolute atomic E-state index is 12.9. The summed E-state index contributed by atoms with van der Waals surface area (Å²) in [6, 6.07) is 4.44. The van der Waals surface area contributed by atoms with Gasteiger partial charge in [0, 0.05) is 11.8 Å². The van der Waals surface area contributed by atoms with Crippen molar-refractivity contribution in [2.45, 2.75) is 25.2 Å². The summed E-state index contributed by atoms with van der Waals surface area (Å²) in [5.74, 6) is -0.795. The third kappa shape index (κ3) is 4.52. The van der Waals surface area contributed by atoms with Gasteiger partial charge >= 0.3 is 6.18 Å². The molecule has 0 aliphatic rings. The quantitative estimate of drug-likeness (QED) is 0.838. The zero-order valence-electron chi connectivity index (χ0n) is 12.1. The number of nitrogens with one attached hydrogen (secondary N) is 1. The molecule has 0 fully saturated rings. The van der Waals surface area contributed by atoms with Crippen LogP contribution >= 0.6 is 0 Å². The van der Waals surface area contributed by atoms with Gasteiger partial charge in [0.2, 0.25) is 0 Å². The Hall–Kier alpha value is -2.42. The number of amides is 1. The standard InChI is InChI=1S/C14H16F3N5O/c15-14(16,17)12(5-6-18)20-13(23)11-4-2-1-3-10(11)9-22-8-7-19-21-22/h1-4,7-8,12H,5-6,9,18H2,(H,20,23). The average Bonchev–Trinajstić information content (AvgIpc) is 2.99. The van der Waals surface area contributed by atoms with Gasteiger partial charge in [0.1, 0.15) is 6.04 Å². The number of nitrogens with zero attached hydrogens (tertiary/aromatic N) is 3. The summed E-state index contributed by atoms with van der Waals surface area (Å²) in [5.41, 5.74) is 5.90. The van der Waals surface area contributed by atoms with Gasteiger partial charge in [0.05, 0.1) is 12.7 Å². The summed E-state index contributed by atoms with van der Waals surface area (Å²) in [6.45, 7) is 0.0578. The number of nitrogens with two attached hydrogens (primary N) is 1. The molecule has 124 valence electrons. The van der Waals surface area contributed by atoms with Crippen molar-refractivity contribution in [3.05, 3.63) is 47.8 Å². The third-order valence-electron chi connectivity index (χ3n) is 3.22. The second-order valence-electron chi connectivity index (χ2n) is 4.90. The van der Waals surface area contributed by atoms with Crippen molar-refractivity contribution in [1.82, 2.24) is 20.3 Å². The number of hydrogen-bond acceptors (Lipinski definition) is 4. The van der Waals surface area contributed by atoms with Crippen LogP contribution in [-0.2, 0) is 6.54 Å². The van der Waals surface area contributed by atoms with E-state index >= 15 is 0 Å². The topological polar surface area (TPSA) is 85.8 Å². The second-order valence-corrected chi connectivity index (χ2v) is 4.90. The van der Waals surface area contributed by atoms with Crippen molar-refractivity contribution in [2.75, 3.05) is 6.54 Å². The minimum absolute atomic E-state index is 0.161. The lowest BCUT2D eigenvalue weighted by atomic mass is 10.1. The van der Waals surface area contributed by atoms with Gasteiger partial charge in [-0.05, 0) is 24.6 Å². The molecule has 6 nitrogen and oxygen atoms in total. The van der Waals surface area contributed by atoms with E-state index in [4.69, 9.17) is 5.73 Å². The molecule has 3 N–H and O–H groups in total. The van der Waals surface area contributed by atoms with Gasteiger partial charge < -0.3 is 11.1 Å². The molecule has 1 unspecified atom stereocenters. The van der Waals surface area contributed by atoms with Gasteiger partial charge in [0.25, 0.3) is 5.91 Å². The van der Waals surface area contributed by atoms with E-state index in [0.29, 0.717) is 5.56 Å². The first-order valence-corrected chi connectivity index (χ1v) is 6.91. The molecule has 1 amide bonds. The number of aromatic nitrogens is 3. The summed E-state index contributed by atoms with van der Waals surface area (Å²) in [4.78, 5) is 12.2. The summed E-state index contributed by atoms with van der Waals surface area (Å²) in [6.07, 6.45) is -1.85. The molecule has 0 saturated carbocycles. The lowest BCUT2D eigenvalue weighted by molar-refractivity contribution is -0.154. The average molecular weight is 327 g/mol. The zero-order chi connectivity index (χ0) is 16.9. The summed E-state index contributed by atoms with van der Waals surface area (Å²) < 4.78 is 40.2. The van der Waals surface area contributed by atoms with Gasteiger partial charge in [-0.1, -0.05) is 23.4 Å². The van der Waals surface area contributed by atoms with Gasteiger partial charge in [-0.15, -0.1) is 5.10 Å². The van der Waals surface area contributed by atoms with Gasteiger partial charge in [-0.3, -0.25) is 4.79 Å². The van der Waals surface area contributed by atoms with Crippen molar-refractivity contribution in [2.24, 2.45) is 5.73 Å². The molecule has 1 atom stereocenters. The number of carbonyl (C=O) groups is 1. The summed E-state index contributed by atoms with van der Waals surface area (Å²) >= 11 is 0. The Bertz CT molecular complexity index is 642. The predicted octanol–water partition coefficient (Wildman–Crippen LogP) is 1.34. The highest BCUT2D eigenvalue weighted by Gasteiger charge is 2.40. The molecule has 9 heteroatoms. The summed E-state index contributed by atoms with van der Waals surface area (Å²) in [5, 5.41) is 9.43. The molecular weight excluding hydrogens is 311 g/mol. The number of alkyl halides is 3. The first-order valence-electron chi connectivity index (χ1n) is 6.91. The van der Waals surface area contributed by atoms with Crippen LogP contribution in [0.2, 0.25) is 0 Å². The van der Waals surface area contributed by atoms with E-state index in [0.717, 1.165) is 0 Å². The van der Waals surface area contributed by atoms with Crippen LogP contribution in [0, 0.1) is 0 Å². The zero-order valence-corrected chi connectivity index (χ0v) is 12.1. The predicted molar refractivity (Wildman–Crippen MR) is 76.5 cm³/mol. The van der Waals surface area contributed by atoms with Gasteiger partial charge in [-0.25, -0.2) is 4.68 Å². The highest BCUT2D eigenvalue weighted by Crippen LogP contribution is 2.23. The maximum atomic E-state index is 12.9. The molecule has 2 aromatic rings. The van der Waals surface area contributed by atoms with E-state index in [-0.39, 0.29) is 25.1 Å². The number of rotatable bonds is 6. The molecule has 0 spiro atoms. The Labute approximate surface area is 130 Å². The van der Waals surface area contributed by atoms with E-state index in [9.17, 15) is 18.0 Å². The minimum Gasteiger partial charge on any atom is -0.340 e. The molecule has 1 aromatic carbocycles. The fourth-order valence-corrected chi connectivity index (χ4v) is 2.09. The lowest BCUT2D eigenvalue weighted by Crippen LogP contribution is -2.46. The van der Waals surface area contributed by atoms with Crippen molar-refractivity contribution in [1.29, 1.82) is 0 Å². The van der Waals surface area contributed by atoms with Crippen molar-refractivity contribution >= 4 is 5.91 Å². The lowest BCUT2D eigenvalue weighted by Gasteiger charge is -2.21. The number of carbonyl (C=O) groups excluding carboxylic acids is 1. The van der Waals surface area contributed by atoms with Crippen LogP contribution in [0.5, 0.6) is 0 Å². The fourth-order valence-electron chi connectivity index (χ4n) is 2.09. The van der Waals surface area contributed by atoms with E-state index in [1.165, 1.54) is 16.9 Å². The smallest absolute Gasteiger partial charge is 0.340 e. The minimum atomic E-state index is -4.55. The molecule has 0 radical (unpaired) electrons. The van der Waals surface area contributed by atoms with Crippen LogP contribution in [-0.4, -0.2) is 39.7 Å². The highest BCUT2D eigenvalue weighted by molar-refractivity contribution is 5.95. The van der Waals surface area contributed by atoms with E-state index < -0.39 is 18.1 Å². The van der Waals surface area contributed by atoms with Crippen LogP contribution in [0.1, 0.15) is 22.3 Å². The van der Waals surface area contributed by atoms with Crippen LogP contribution in [0.15, 0.2) is 36.7 Å². The number of halogens is 3. The first kappa shape index (κ1) is 16.9. The Kier molecular flexibility index (Phi) is 5.32. The van der Waals surface area contributed by atoms with Crippen molar-refractivity contribution in [3.8, 4) is 0 Å². The fraction of sp³-hybridized carbons (Fsp3) is 0.357. The molecule has 1 heterocycles. The van der Waals surface area contributed by atoms with E-state index in [1.54, 1.807) is 24.4 Å². The monoisotopic (exact) mass is 327 g/mol. The van der Waals surface area contributed by atoms with Crippen molar-refractivity contribution < 1.29 is 18.0 Å². The Morgan fingerprint density at radius 3 is 2.70 bits per heavy atom. The molecule has 23 heavy (non-hydrogen) atoms. The molecule has 1 aromatic heterocycles. The largest absolute Gasteiger partial charge is 0.408 e. The molecule has 0 aliphatic heterocycles. The molecule has 0 aliphatic carbocycles. The number of benzene rings is 1.